The predicted octanol–water partition coefficient (Wildman–Crippen LogP) is 3.67. The van der Waals surface area contributed by atoms with E-state index in [1.54, 1.807) is 10.7 Å². The van der Waals surface area contributed by atoms with Gasteiger partial charge in [0.1, 0.15) is 5.82 Å². The van der Waals surface area contributed by atoms with Crippen LogP contribution in [-0.4, -0.2) is 14.9 Å². The molecule has 1 heterocycles. The van der Waals surface area contributed by atoms with Crippen molar-refractivity contribution < 1.29 is 9.50 Å². The number of aromatic nitrogens is 2. The van der Waals surface area contributed by atoms with Crippen molar-refractivity contribution >= 4 is 31.9 Å². The number of rotatable bonds is 3. The number of benzene rings is 1. The fraction of sp³-hybridized carbons (Fsp3) is 0.308. The molecule has 0 spiro atoms. The molecule has 1 atom stereocenters. The molecule has 2 rings (SSSR count). The van der Waals surface area contributed by atoms with E-state index in [1.165, 1.54) is 12.1 Å². The number of nitrogens with zero attached hydrogens (tertiary/aromatic N) is 2. The molecule has 0 aliphatic rings. The molecule has 2 aromatic rings. The van der Waals surface area contributed by atoms with E-state index < -0.39 is 6.10 Å². The standard InChI is InChI=1S/C13H13Br2FN2O/c1-7-13(15)11(18(2)17-7)6-12(19)9-5-8(16)3-4-10(9)14/h3-5,12,19H,6H2,1-2H3. The second-order valence-electron chi connectivity index (χ2n) is 4.36. The topological polar surface area (TPSA) is 38.0 Å². The number of aliphatic hydroxyl groups excluding tert-OH is 1. The lowest BCUT2D eigenvalue weighted by Crippen LogP contribution is -2.08. The number of aliphatic hydroxyl groups is 1. The average molecular weight is 392 g/mol. The molecule has 102 valence electrons. The van der Waals surface area contributed by atoms with Gasteiger partial charge in [-0.2, -0.15) is 5.10 Å². The first-order valence-corrected chi connectivity index (χ1v) is 7.29. The third kappa shape index (κ3) is 3.07. The van der Waals surface area contributed by atoms with Gasteiger partial charge in [-0.05, 0) is 46.6 Å². The highest BCUT2D eigenvalue weighted by molar-refractivity contribution is 9.10. The van der Waals surface area contributed by atoms with Crippen LogP contribution in [0.2, 0.25) is 0 Å². The van der Waals surface area contributed by atoms with Gasteiger partial charge in [0.2, 0.25) is 0 Å². The third-order valence-corrected chi connectivity index (χ3v) is 4.72. The molecule has 0 aliphatic heterocycles. The van der Waals surface area contributed by atoms with Crippen LogP contribution in [0.3, 0.4) is 0 Å². The Balaban J connectivity index is 2.30. The number of hydrogen-bond donors (Lipinski definition) is 1. The van der Waals surface area contributed by atoms with Gasteiger partial charge >= 0.3 is 0 Å². The molecular formula is C13H13Br2FN2O. The van der Waals surface area contributed by atoms with Crippen LogP contribution in [0.1, 0.15) is 23.1 Å². The Morgan fingerprint density at radius 3 is 2.68 bits per heavy atom. The molecule has 0 bridgehead atoms. The van der Waals surface area contributed by atoms with Gasteiger partial charge in [-0.3, -0.25) is 4.68 Å². The van der Waals surface area contributed by atoms with Crippen LogP contribution >= 0.6 is 31.9 Å². The van der Waals surface area contributed by atoms with Crippen molar-refractivity contribution in [2.24, 2.45) is 7.05 Å². The van der Waals surface area contributed by atoms with Crippen LogP contribution in [0.5, 0.6) is 0 Å². The minimum absolute atomic E-state index is 0.361. The molecule has 1 unspecified atom stereocenters. The van der Waals surface area contributed by atoms with Crippen LogP contribution < -0.4 is 0 Å². The van der Waals surface area contributed by atoms with Crippen molar-refractivity contribution in [3.05, 3.63) is 49.9 Å². The molecule has 0 saturated heterocycles. The Bertz CT molecular complexity index is 613. The lowest BCUT2D eigenvalue weighted by Gasteiger charge is -2.13. The molecule has 0 saturated carbocycles. The quantitative estimate of drug-likeness (QED) is 0.866. The summed E-state index contributed by atoms with van der Waals surface area (Å²) >= 11 is 6.78. The molecule has 3 nitrogen and oxygen atoms in total. The van der Waals surface area contributed by atoms with E-state index in [0.29, 0.717) is 16.5 Å². The highest BCUT2D eigenvalue weighted by atomic mass is 79.9. The van der Waals surface area contributed by atoms with E-state index in [-0.39, 0.29) is 5.82 Å². The van der Waals surface area contributed by atoms with Gasteiger partial charge < -0.3 is 5.11 Å². The summed E-state index contributed by atoms with van der Waals surface area (Å²) in [5.74, 6) is -0.363. The van der Waals surface area contributed by atoms with Crippen molar-refractivity contribution in [3.63, 3.8) is 0 Å². The van der Waals surface area contributed by atoms with Gasteiger partial charge in [0.25, 0.3) is 0 Å². The highest BCUT2D eigenvalue weighted by Gasteiger charge is 2.18. The van der Waals surface area contributed by atoms with Crippen molar-refractivity contribution in [2.45, 2.75) is 19.4 Å². The Labute approximate surface area is 127 Å². The fourth-order valence-electron chi connectivity index (χ4n) is 1.96. The number of halogens is 3. The summed E-state index contributed by atoms with van der Waals surface area (Å²) in [4.78, 5) is 0. The van der Waals surface area contributed by atoms with Crippen molar-refractivity contribution in [3.8, 4) is 0 Å². The van der Waals surface area contributed by atoms with Crippen LogP contribution in [-0.2, 0) is 13.5 Å². The second-order valence-corrected chi connectivity index (χ2v) is 6.00. The van der Waals surface area contributed by atoms with Crippen molar-refractivity contribution in [1.29, 1.82) is 0 Å². The SMILES string of the molecule is Cc1nn(C)c(CC(O)c2cc(F)ccc2Br)c1Br. The fourth-order valence-corrected chi connectivity index (χ4v) is 2.97. The lowest BCUT2D eigenvalue weighted by molar-refractivity contribution is 0.174. The van der Waals surface area contributed by atoms with Gasteiger partial charge in [-0.1, -0.05) is 15.9 Å². The van der Waals surface area contributed by atoms with Crippen molar-refractivity contribution in [2.75, 3.05) is 0 Å². The van der Waals surface area contributed by atoms with Gasteiger partial charge in [-0.25, -0.2) is 4.39 Å². The van der Waals surface area contributed by atoms with E-state index in [4.69, 9.17) is 0 Å². The monoisotopic (exact) mass is 390 g/mol. The van der Waals surface area contributed by atoms with Crippen LogP contribution in [0.4, 0.5) is 4.39 Å². The lowest BCUT2D eigenvalue weighted by atomic mass is 10.0. The first-order valence-electron chi connectivity index (χ1n) is 5.71. The van der Waals surface area contributed by atoms with Crippen LogP contribution in [0.15, 0.2) is 27.1 Å². The Morgan fingerprint density at radius 2 is 2.11 bits per heavy atom. The smallest absolute Gasteiger partial charge is 0.123 e. The van der Waals surface area contributed by atoms with E-state index in [0.717, 1.165) is 15.9 Å². The van der Waals surface area contributed by atoms with E-state index >= 15 is 0 Å². The van der Waals surface area contributed by atoms with Crippen LogP contribution in [0, 0.1) is 12.7 Å². The summed E-state index contributed by atoms with van der Waals surface area (Å²) < 4.78 is 16.5. The van der Waals surface area contributed by atoms with Gasteiger partial charge in [0.05, 0.1) is 22.0 Å². The minimum atomic E-state index is -0.795. The molecule has 1 aromatic heterocycles. The zero-order valence-corrected chi connectivity index (χ0v) is 13.7. The van der Waals surface area contributed by atoms with Gasteiger partial charge in [-0.15, -0.1) is 0 Å². The molecule has 0 fully saturated rings. The average Bonchev–Trinajstić information content (AvgIpc) is 2.59. The summed E-state index contributed by atoms with van der Waals surface area (Å²) in [7, 11) is 1.82. The van der Waals surface area contributed by atoms with Crippen molar-refractivity contribution in [1.82, 2.24) is 9.78 Å². The first-order chi connectivity index (χ1) is 8.90. The zero-order chi connectivity index (χ0) is 14.2. The van der Waals surface area contributed by atoms with Crippen LogP contribution in [0.25, 0.3) is 0 Å². The molecular weight excluding hydrogens is 379 g/mol. The molecule has 0 aliphatic carbocycles. The maximum Gasteiger partial charge on any atom is 0.123 e. The van der Waals surface area contributed by atoms with E-state index in [1.807, 2.05) is 14.0 Å². The molecule has 0 radical (unpaired) electrons. The van der Waals surface area contributed by atoms with E-state index in [9.17, 15) is 9.50 Å². The molecule has 19 heavy (non-hydrogen) atoms. The molecule has 0 amide bonds. The summed E-state index contributed by atoms with van der Waals surface area (Å²) in [6.07, 6.45) is -0.434. The highest BCUT2D eigenvalue weighted by Crippen LogP contribution is 2.30. The van der Waals surface area contributed by atoms with E-state index in [2.05, 4.69) is 37.0 Å². The zero-order valence-electron chi connectivity index (χ0n) is 10.5. The first kappa shape index (κ1) is 14.7. The predicted molar refractivity (Wildman–Crippen MR) is 78.4 cm³/mol. The Morgan fingerprint density at radius 1 is 1.42 bits per heavy atom. The molecule has 1 aromatic carbocycles. The second kappa shape index (κ2) is 5.73. The summed E-state index contributed by atoms with van der Waals surface area (Å²) in [5.41, 5.74) is 2.27. The molecule has 6 heteroatoms. The Kier molecular flexibility index (Phi) is 4.43. The third-order valence-electron chi connectivity index (χ3n) is 2.97. The molecule has 1 N–H and O–H groups in total. The normalized spacial score (nSPS) is 12.7. The maximum atomic E-state index is 13.3. The summed E-state index contributed by atoms with van der Waals surface area (Å²) in [6, 6.07) is 4.29. The Hall–Kier alpha value is -0.720. The summed E-state index contributed by atoms with van der Waals surface area (Å²) in [5, 5.41) is 14.5. The maximum absolute atomic E-state index is 13.3. The van der Waals surface area contributed by atoms with Gasteiger partial charge in [0, 0.05) is 17.9 Å². The van der Waals surface area contributed by atoms with Gasteiger partial charge in [0.15, 0.2) is 0 Å². The largest absolute Gasteiger partial charge is 0.388 e. The number of hydrogen-bond acceptors (Lipinski definition) is 2. The number of aryl methyl sites for hydroxylation is 2. The minimum Gasteiger partial charge on any atom is -0.388 e. The summed E-state index contributed by atoms with van der Waals surface area (Å²) in [6.45, 7) is 1.89.